The maximum atomic E-state index is 9.30. The van der Waals surface area contributed by atoms with Gasteiger partial charge in [-0.15, -0.1) is 0 Å². The van der Waals surface area contributed by atoms with Crippen molar-refractivity contribution in [2.24, 2.45) is 0 Å². The molecule has 0 spiro atoms. The van der Waals surface area contributed by atoms with E-state index in [9.17, 15) is 5.26 Å². The van der Waals surface area contributed by atoms with Crippen molar-refractivity contribution in [2.75, 3.05) is 12.0 Å². The molecule has 6 nitrogen and oxygen atoms in total. The molecule has 1 aromatic carbocycles. The highest BCUT2D eigenvalue weighted by atomic mass is 16.5. The zero-order valence-corrected chi connectivity index (χ0v) is 14.9. The van der Waals surface area contributed by atoms with Crippen LogP contribution in [0.2, 0.25) is 0 Å². The molecule has 0 saturated heterocycles. The van der Waals surface area contributed by atoms with Gasteiger partial charge in [-0.05, 0) is 41.5 Å². The van der Waals surface area contributed by atoms with E-state index in [1.807, 2.05) is 24.3 Å². The van der Waals surface area contributed by atoms with Gasteiger partial charge < -0.3 is 14.4 Å². The number of benzene rings is 1. The summed E-state index contributed by atoms with van der Waals surface area (Å²) in [7, 11) is 1.62. The minimum atomic E-state index is 0.398. The summed E-state index contributed by atoms with van der Waals surface area (Å²) in [5, 5.41) is 9.30. The fourth-order valence-electron chi connectivity index (χ4n) is 3.15. The summed E-state index contributed by atoms with van der Waals surface area (Å²) in [6.45, 7) is 1.91. The lowest BCUT2D eigenvalue weighted by Crippen LogP contribution is -2.15. The third kappa shape index (κ3) is 3.53. The van der Waals surface area contributed by atoms with E-state index < -0.39 is 0 Å². The van der Waals surface area contributed by atoms with E-state index in [-0.39, 0.29) is 0 Å². The monoisotopic (exact) mass is 358 g/mol. The van der Waals surface area contributed by atoms with Crippen LogP contribution in [0.25, 0.3) is 0 Å². The molecule has 6 heteroatoms. The van der Waals surface area contributed by atoms with Crippen molar-refractivity contribution in [1.29, 1.82) is 5.26 Å². The predicted molar refractivity (Wildman–Crippen MR) is 100 cm³/mol. The van der Waals surface area contributed by atoms with Crippen molar-refractivity contribution in [2.45, 2.75) is 19.7 Å². The lowest BCUT2D eigenvalue weighted by atomic mass is 10.1. The number of hydrogen-bond acceptors (Lipinski definition) is 6. The number of aromatic nitrogens is 2. The number of ether oxygens (including phenoxy) is 2. The van der Waals surface area contributed by atoms with Crippen LogP contribution in [0.1, 0.15) is 22.4 Å². The number of hydrogen-bond donors (Lipinski definition) is 0. The Hall–Kier alpha value is -3.59. The molecule has 1 aliphatic heterocycles. The molecule has 134 valence electrons. The maximum Gasteiger partial charge on any atom is 0.137 e. The van der Waals surface area contributed by atoms with Gasteiger partial charge in [0, 0.05) is 25.5 Å². The molecule has 0 N–H and O–H groups in total. The van der Waals surface area contributed by atoms with E-state index in [0.717, 1.165) is 36.0 Å². The first-order valence-corrected chi connectivity index (χ1v) is 8.59. The Morgan fingerprint density at radius 1 is 1.07 bits per heavy atom. The molecule has 2 aromatic heterocycles. The van der Waals surface area contributed by atoms with Crippen molar-refractivity contribution >= 4 is 5.69 Å². The van der Waals surface area contributed by atoms with Crippen molar-refractivity contribution in [3.8, 4) is 17.6 Å². The van der Waals surface area contributed by atoms with Gasteiger partial charge in [0.1, 0.15) is 24.2 Å². The summed E-state index contributed by atoms with van der Waals surface area (Å²) in [5.74, 6) is 1.53. The van der Waals surface area contributed by atoms with Crippen LogP contribution in [-0.4, -0.2) is 17.1 Å². The van der Waals surface area contributed by atoms with Gasteiger partial charge in [-0.25, -0.2) is 0 Å². The molecule has 0 aliphatic carbocycles. The number of pyridine rings is 2. The van der Waals surface area contributed by atoms with Crippen LogP contribution in [0.3, 0.4) is 0 Å². The Balaban J connectivity index is 1.45. The van der Waals surface area contributed by atoms with Gasteiger partial charge in [-0.3, -0.25) is 9.97 Å². The largest absolute Gasteiger partial charge is 0.495 e. The highest BCUT2D eigenvalue weighted by Gasteiger charge is 2.21. The van der Waals surface area contributed by atoms with Gasteiger partial charge in [-0.2, -0.15) is 5.26 Å². The molecule has 0 bridgehead atoms. The molecule has 0 saturated carbocycles. The average molecular weight is 358 g/mol. The van der Waals surface area contributed by atoms with E-state index >= 15 is 0 Å². The molecule has 0 unspecified atom stereocenters. The first-order chi connectivity index (χ1) is 13.3. The highest BCUT2D eigenvalue weighted by Crippen LogP contribution is 2.32. The summed E-state index contributed by atoms with van der Waals surface area (Å²) >= 11 is 0. The first kappa shape index (κ1) is 16.9. The standard InChI is InChI=1S/C21H18N4O2/c1-26-20-5-3-18(24-11-20)14-27-19-4-2-15-12-25(13-16(15)8-19)21-6-7-23-10-17(21)9-22/h2-8,10-11H,12-14H2,1H3. The van der Waals surface area contributed by atoms with Gasteiger partial charge in [0.2, 0.25) is 0 Å². The topological polar surface area (TPSA) is 71.3 Å². The van der Waals surface area contributed by atoms with Crippen molar-refractivity contribution in [1.82, 2.24) is 9.97 Å². The smallest absolute Gasteiger partial charge is 0.137 e. The van der Waals surface area contributed by atoms with E-state index in [1.165, 1.54) is 11.1 Å². The SMILES string of the molecule is COc1ccc(COc2ccc3c(c2)CN(c2ccncc2C#N)C3)nc1. The molecule has 4 rings (SSSR count). The van der Waals surface area contributed by atoms with Gasteiger partial charge in [0.05, 0.1) is 30.3 Å². The van der Waals surface area contributed by atoms with Gasteiger partial charge in [0.25, 0.3) is 0 Å². The number of nitriles is 1. The maximum absolute atomic E-state index is 9.30. The molecule has 27 heavy (non-hydrogen) atoms. The fraction of sp³-hybridized carbons (Fsp3) is 0.190. The second-order valence-corrected chi connectivity index (χ2v) is 6.27. The summed E-state index contributed by atoms with van der Waals surface area (Å²) < 4.78 is 11.0. The Bertz CT molecular complexity index is 996. The molecule has 3 heterocycles. The molecule has 0 amide bonds. The second kappa shape index (κ2) is 7.34. The predicted octanol–water partition coefficient (Wildman–Crippen LogP) is 3.46. The van der Waals surface area contributed by atoms with Crippen LogP contribution in [-0.2, 0) is 19.7 Å². The molecule has 1 aliphatic rings. The Morgan fingerprint density at radius 2 is 1.93 bits per heavy atom. The van der Waals surface area contributed by atoms with Crippen molar-refractivity contribution in [3.05, 3.63) is 77.4 Å². The van der Waals surface area contributed by atoms with Crippen LogP contribution >= 0.6 is 0 Å². The zero-order chi connectivity index (χ0) is 18.6. The average Bonchev–Trinajstić information content (AvgIpc) is 3.15. The van der Waals surface area contributed by atoms with Crippen LogP contribution < -0.4 is 14.4 Å². The van der Waals surface area contributed by atoms with E-state index in [2.05, 4.69) is 33.1 Å². The Kier molecular flexibility index (Phi) is 4.58. The fourth-order valence-corrected chi connectivity index (χ4v) is 3.15. The summed E-state index contributed by atoms with van der Waals surface area (Å²) in [4.78, 5) is 10.5. The number of rotatable bonds is 5. The zero-order valence-electron chi connectivity index (χ0n) is 14.9. The minimum absolute atomic E-state index is 0.398. The third-order valence-corrected chi connectivity index (χ3v) is 4.58. The van der Waals surface area contributed by atoms with Crippen LogP contribution in [0, 0.1) is 11.3 Å². The normalized spacial score (nSPS) is 12.4. The minimum Gasteiger partial charge on any atom is -0.495 e. The van der Waals surface area contributed by atoms with Crippen LogP contribution in [0.4, 0.5) is 5.69 Å². The number of nitrogens with zero attached hydrogens (tertiary/aromatic N) is 4. The molecule has 0 radical (unpaired) electrons. The summed E-state index contributed by atoms with van der Waals surface area (Å²) in [6, 6.07) is 14.0. The summed E-state index contributed by atoms with van der Waals surface area (Å²) in [6.07, 6.45) is 5.00. The van der Waals surface area contributed by atoms with E-state index in [1.54, 1.807) is 25.7 Å². The van der Waals surface area contributed by atoms with Crippen LogP contribution in [0.5, 0.6) is 11.5 Å². The molecule has 3 aromatic rings. The van der Waals surface area contributed by atoms with Gasteiger partial charge in [-0.1, -0.05) is 6.07 Å². The van der Waals surface area contributed by atoms with E-state index in [0.29, 0.717) is 12.2 Å². The molecular formula is C21H18N4O2. The second-order valence-electron chi connectivity index (χ2n) is 6.27. The molecule has 0 fully saturated rings. The van der Waals surface area contributed by atoms with Gasteiger partial charge >= 0.3 is 0 Å². The van der Waals surface area contributed by atoms with Crippen LogP contribution in [0.15, 0.2) is 55.0 Å². The number of anilines is 1. The quantitative estimate of drug-likeness (QED) is 0.696. The lowest BCUT2D eigenvalue weighted by Gasteiger charge is -2.18. The Labute approximate surface area is 157 Å². The molecular weight excluding hydrogens is 340 g/mol. The Morgan fingerprint density at radius 3 is 2.70 bits per heavy atom. The number of fused-ring (bicyclic) bond motifs is 1. The van der Waals surface area contributed by atoms with Gasteiger partial charge in [0.15, 0.2) is 0 Å². The van der Waals surface area contributed by atoms with Crippen molar-refractivity contribution in [3.63, 3.8) is 0 Å². The first-order valence-electron chi connectivity index (χ1n) is 8.59. The highest BCUT2D eigenvalue weighted by molar-refractivity contribution is 5.60. The number of methoxy groups -OCH3 is 1. The van der Waals surface area contributed by atoms with E-state index in [4.69, 9.17) is 9.47 Å². The molecule has 0 atom stereocenters. The third-order valence-electron chi connectivity index (χ3n) is 4.58. The lowest BCUT2D eigenvalue weighted by molar-refractivity contribution is 0.300. The van der Waals surface area contributed by atoms with Crippen molar-refractivity contribution < 1.29 is 9.47 Å². The summed E-state index contributed by atoms with van der Waals surface area (Å²) in [5.41, 5.74) is 4.79.